The Balaban J connectivity index is 1.39. The highest BCUT2D eigenvalue weighted by molar-refractivity contribution is 5.78. The van der Waals surface area contributed by atoms with Crippen LogP contribution in [0.1, 0.15) is 11.6 Å². The number of amides is 1. The number of fused-ring (bicyclic) bond motifs is 1. The molecule has 8 heteroatoms. The number of hydrogen-bond donors (Lipinski definition) is 0. The Hall–Kier alpha value is -3.00. The van der Waals surface area contributed by atoms with Crippen LogP contribution in [0.3, 0.4) is 0 Å². The number of nitrogens with zero attached hydrogens (tertiary/aromatic N) is 6. The van der Waals surface area contributed by atoms with Crippen molar-refractivity contribution in [1.82, 2.24) is 29.6 Å². The lowest BCUT2D eigenvalue weighted by Crippen LogP contribution is -2.50. The van der Waals surface area contributed by atoms with E-state index < -0.39 is 0 Å². The van der Waals surface area contributed by atoms with E-state index in [1.165, 1.54) is 16.4 Å². The molecule has 1 aliphatic rings. The van der Waals surface area contributed by atoms with Crippen LogP contribution in [0.15, 0.2) is 48.8 Å². The van der Waals surface area contributed by atoms with Gasteiger partial charge in [-0.05, 0) is 18.7 Å². The van der Waals surface area contributed by atoms with Gasteiger partial charge in [0.2, 0.25) is 5.88 Å². The molecule has 1 saturated heterocycles. The van der Waals surface area contributed by atoms with E-state index in [0.717, 1.165) is 6.54 Å². The summed E-state index contributed by atoms with van der Waals surface area (Å²) in [5, 5.41) is 11.9. The second-order valence-electron chi connectivity index (χ2n) is 6.34. The number of benzene rings is 1. The Morgan fingerprint density at radius 1 is 1.19 bits per heavy atom. The number of carbonyl (C=O) groups is 1. The monoisotopic (exact) mass is 352 g/mol. The zero-order chi connectivity index (χ0) is 17.9. The molecular formula is C18H20N6O2. The summed E-state index contributed by atoms with van der Waals surface area (Å²) in [5.74, 6) is 0.337. The van der Waals surface area contributed by atoms with Crippen LogP contribution in [0.25, 0.3) is 5.65 Å². The molecule has 3 aromatic rings. The third kappa shape index (κ3) is 3.36. The van der Waals surface area contributed by atoms with E-state index in [9.17, 15) is 4.79 Å². The first-order chi connectivity index (χ1) is 12.7. The van der Waals surface area contributed by atoms with Gasteiger partial charge in [0, 0.05) is 25.7 Å². The molecule has 1 atom stereocenters. The van der Waals surface area contributed by atoms with E-state index >= 15 is 0 Å². The Labute approximate surface area is 151 Å². The van der Waals surface area contributed by atoms with Crippen LogP contribution in [-0.4, -0.2) is 68.8 Å². The Morgan fingerprint density at radius 3 is 2.88 bits per heavy atom. The van der Waals surface area contributed by atoms with Crippen LogP contribution in [0.2, 0.25) is 0 Å². The van der Waals surface area contributed by atoms with Gasteiger partial charge in [0.25, 0.3) is 5.91 Å². The minimum Gasteiger partial charge on any atom is -0.467 e. The van der Waals surface area contributed by atoms with Crippen molar-refractivity contribution in [2.45, 2.75) is 6.04 Å². The van der Waals surface area contributed by atoms with E-state index in [1.807, 2.05) is 23.1 Å². The molecule has 1 aliphatic heterocycles. The summed E-state index contributed by atoms with van der Waals surface area (Å²) in [4.78, 5) is 16.7. The predicted molar refractivity (Wildman–Crippen MR) is 94.7 cm³/mol. The minimum atomic E-state index is -0.0373. The topological polar surface area (TPSA) is 75.9 Å². The van der Waals surface area contributed by atoms with Crippen LogP contribution >= 0.6 is 0 Å². The van der Waals surface area contributed by atoms with Gasteiger partial charge in [0.1, 0.15) is 6.33 Å². The highest BCUT2D eigenvalue weighted by Gasteiger charge is 2.28. The van der Waals surface area contributed by atoms with Gasteiger partial charge >= 0.3 is 0 Å². The third-order valence-electron chi connectivity index (χ3n) is 4.67. The van der Waals surface area contributed by atoms with Gasteiger partial charge in [-0.15, -0.1) is 15.3 Å². The molecule has 26 heavy (non-hydrogen) atoms. The standard InChI is InChI=1S/C18H20N6O2/c1-22-9-10-23(11-15(22)14-5-3-2-4-6-14)18(25)12-26-17-8-7-16-20-19-13-24(16)21-17/h2-8,13,15H,9-12H2,1H3. The van der Waals surface area contributed by atoms with Crippen molar-refractivity contribution >= 4 is 11.6 Å². The van der Waals surface area contributed by atoms with Crippen molar-refractivity contribution in [2.75, 3.05) is 33.3 Å². The summed E-state index contributed by atoms with van der Waals surface area (Å²) >= 11 is 0. The summed E-state index contributed by atoms with van der Waals surface area (Å²) in [6.45, 7) is 2.14. The molecule has 3 heterocycles. The lowest BCUT2D eigenvalue weighted by Gasteiger charge is -2.39. The van der Waals surface area contributed by atoms with Crippen LogP contribution in [-0.2, 0) is 4.79 Å². The van der Waals surface area contributed by atoms with E-state index in [0.29, 0.717) is 24.6 Å². The van der Waals surface area contributed by atoms with Gasteiger partial charge in [-0.3, -0.25) is 9.69 Å². The second-order valence-corrected chi connectivity index (χ2v) is 6.34. The Bertz CT molecular complexity index is 897. The van der Waals surface area contributed by atoms with E-state index in [1.54, 1.807) is 12.1 Å². The Kier molecular flexibility index (Phi) is 4.49. The molecule has 0 spiro atoms. The van der Waals surface area contributed by atoms with Gasteiger partial charge < -0.3 is 9.64 Å². The van der Waals surface area contributed by atoms with Crippen LogP contribution < -0.4 is 4.74 Å². The summed E-state index contributed by atoms with van der Waals surface area (Å²) < 4.78 is 7.09. The fraction of sp³-hybridized carbons (Fsp3) is 0.333. The molecule has 8 nitrogen and oxygen atoms in total. The largest absolute Gasteiger partial charge is 0.467 e. The first kappa shape index (κ1) is 16.5. The first-order valence-corrected chi connectivity index (χ1v) is 8.53. The molecule has 0 radical (unpaired) electrons. The van der Waals surface area contributed by atoms with Gasteiger partial charge in [0.05, 0.1) is 6.04 Å². The summed E-state index contributed by atoms with van der Waals surface area (Å²) in [6.07, 6.45) is 1.49. The molecule has 1 amide bonds. The number of ether oxygens (including phenoxy) is 1. The smallest absolute Gasteiger partial charge is 0.260 e. The molecule has 2 aromatic heterocycles. The van der Waals surface area contributed by atoms with Crippen LogP contribution in [0.5, 0.6) is 5.88 Å². The molecule has 1 fully saturated rings. The van der Waals surface area contributed by atoms with Gasteiger partial charge in [0.15, 0.2) is 12.3 Å². The molecule has 1 unspecified atom stereocenters. The highest BCUT2D eigenvalue weighted by atomic mass is 16.5. The van der Waals surface area contributed by atoms with E-state index in [2.05, 4.69) is 39.4 Å². The lowest BCUT2D eigenvalue weighted by atomic mass is 10.0. The predicted octanol–water partition coefficient (Wildman–Crippen LogP) is 1.02. The van der Waals surface area contributed by atoms with Gasteiger partial charge in [-0.2, -0.15) is 4.52 Å². The molecular weight excluding hydrogens is 332 g/mol. The number of carbonyl (C=O) groups excluding carboxylic acids is 1. The maximum absolute atomic E-state index is 12.6. The molecule has 134 valence electrons. The maximum Gasteiger partial charge on any atom is 0.260 e. The second kappa shape index (κ2) is 7.09. The average Bonchev–Trinajstić information content (AvgIpc) is 3.15. The average molecular weight is 352 g/mol. The van der Waals surface area contributed by atoms with E-state index in [4.69, 9.17) is 4.74 Å². The van der Waals surface area contributed by atoms with Crippen LogP contribution in [0.4, 0.5) is 0 Å². The van der Waals surface area contributed by atoms with Gasteiger partial charge in [-0.25, -0.2) is 0 Å². The third-order valence-corrected chi connectivity index (χ3v) is 4.67. The van der Waals surface area contributed by atoms with E-state index in [-0.39, 0.29) is 18.6 Å². The number of likely N-dealkylation sites (N-methyl/N-ethyl adjacent to an activating group) is 1. The van der Waals surface area contributed by atoms with Gasteiger partial charge in [-0.1, -0.05) is 30.3 Å². The minimum absolute atomic E-state index is 0.0359. The summed E-state index contributed by atoms with van der Waals surface area (Å²) in [5.41, 5.74) is 1.85. The molecule has 4 rings (SSSR count). The van der Waals surface area contributed by atoms with Crippen molar-refractivity contribution in [3.8, 4) is 5.88 Å². The van der Waals surface area contributed by atoms with Crippen molar-refractivity contribution in [3.63, 3.8) is 0 Å². The van der Waals surface area contributed by atoms with Crippen molar-refractivity contribution < 1.29 is 9.53 Å². The molecule has 1 aromatic carbocycles. The number of rotatable bonds is 4. The fourth-order valence-corrected chi connectivity index (χ4v) is 3.15. The Morgan fingerprint density at radius 2 is 2.04 bits per heavy atom. The first-order valence-electron chi connectivity index (χ1n) is 8.53. The van der Waals surface area contributed by atoms with Crippen molar-refractivity contribution in [1.29, 1.82) is 0 Å². The number of piperazine rings is 1. The maximum atomic E-state index is 12.6. The quantitative estimate of drug-likeness (QED) is 0.698. The number of hydrogen-bond acceptors (Lipinski definition) is 6. The lowest BCUT2D eigenvalue weighted by molar-refractivity contribution is -0.136. The SMILES string of the molecule is CN1CCN(C(=O)COc2ccc3nncn3n2)CC1c1ccccc1. The fourth-order valence-electron chi connectivity index (χ4n) is 3.15. The normalized spacial score (nSPS) is 18.2. The molecule has 0 bridgehead atoms. The zero-order valence-electron chi connectivity index (χ0n) is 14.5. The molecule has 0 N–H and O–H groups in total. The molecule has 0 saturated carbocycles. The number of aromatic nitrogens is 4. The van der Waals surface area contributed by atoms with Crippen molar-refractivity contribution in [3.05, 3.63) is 54.4 Å². The summed E-state index contributed by atoms with van der Waals surface area (Å²) in [7, 11) is 2.09. The molecule has 0 aliphatic carbocycles. The van der Waals surface area contributed by atoms with Crippen molar-refractivity contribution in [2.24, 2.45) is 0 Å². The highest BCUT2D eigenvalue weighted by Crippen LogP contribution is 2.23. The zero-order valence-corrected chi connectivity index (χ0v) is 14.5. The summed E-state index contributed by atoms with van der Waals surface area (Å²) in [6, 6.07) is 13.9. The van der Waals surface area contributed by atoms with Crippen LogP contribution in [0, 0.1) is 0 Å².